The second-order valence-electron chi connectivity index (χ2n) is 5.38. The number of carbonyl (C=O) groups is 1. The van der Waals surface area contributed by atoms with Gasteiger partial charge in [-0.15, -0.1) is 0 Å². The Labute approximate surface area is 127 Å². The largest absolute Gasteiger partial charge is 0.353 e. The Balaban J connectivity index is 2.32. The highest BCUT2D eigenvalue weighted by molar-refractivity contribution is 5.80. The topological polar surface area (TPSA) is 90.1 Å². The summed E-state index contributed by atoms with van der Waals surface area (Å²) in [5, 5.41) is 6.25. The van der Waals surface area contributed by atoms with E-state index in [1.165, 1.54) is 11.6 Å². The van der Waals surface area contributed by atoms with E-state index in [1.54, 1.807) is 23.9 Å². The molecule has 120 valence electrons. The highest BCUT2D eigenvalue weighted by Gasteiger charge is 2.14. The van der Waals surface area contributed by atoms with Crippen molar-refractivity contribution in [3.8, 4) is 0 Å². The van der Waals surface area contributed by atoms with Gasteiger partial charge in [-0.3, -0.25) is 18.7 Å². The van der Waals surface area contributed by atoms with E-state index in [-0.39, 0.29) is 24.1 Å². The van der Waals surface area contributed by atoms with Crippen LogP contribution in [0.3, 0.4) is 0 Å². The number of likely N-dealkylation sites (N-methyl/N-ethyl adjacent to an activating group) is 1. The Morgan fingerprint density at radius 1 is 1.27 bits per heavy atom. The number of hydrogen-bond donors (Lipinski definition) is 2. The minimum absolute atomic E-state index is 0.0559. The van der Waals surface area contributed by atoms with Crippen LogP contribution in [0.15, 0.2) is 21.9 Å². The van der Waals surface area contributed by atoms with Crippen LogP contribution in [-0.2, 0) is 25.4 Å². The molecular weight excluding hydrogens is 286 g/mol. The summed E-state index contributed by atoms with van der Waals surface area (Å²) in [4.78, 5) is 36.1. The third kappa shape index (κ3) is 2.82. The Hall–Kier alpha value is -2.35. The van der Waals surface area contributed by atoms with Gasteiger partial charge < -0.3 is 15.2 Å². The fourth-order valence-corrected chi connectivity index (χ4v) is 2.29. The van der Waals surface area contributed by atoms with Gasteiger partial charge >= 0.3 is 5.69 Å². The molecule has 1 atom stereocenters. The van der Waals surface area contributed by atoms with Crippen molar-refractivity contribution in [1.29, 1.82) is 0 Å². The molecule has 0 fully saturated rings. The van der Waals surface area contributed by atoms with E-state index in [9.17, 15) is 14.4 Å². The fourth-order valence-electron chi connectivity index (χ4n) is 2.29. The third-order valence-corrected chi connectivity index (χ3v) is 3.77. The number of rotatable bonds is 5. The summed E-state index contributed by atoms with van der Waals surface area (Å²) in [7, 11) is 4.84. The molecule has 0 spiro atoms. The van der Waals surface area contributed by atoms with Gasteiger partial charge in [0.05, 0.1) is 5.39 Å². The zero-order valence-electron chi connectivity index (χ0n) is 13.2. The zero-order valence-corrected chi connectivity index (χ0v) is 13.2. The molecule has 1 amide bonds. The van der Waals surface area contributed by atoms with Gasteiger partial charge in [0.15, 0.2) is 0 Å². The quantitative estimate of drug-likeness (QED) is 0.723. The molecule has 2 heterocycles. The molecule has 0 saturated carbocycles. The van der Waals surface area contributed by atoms with Crippen molar-refractivity contribution in [2.45, 2.75) is 19.5 Å². The van der Waals surface area contributed by atoms with E-state index in [0.29, 0.717) is 17.6 Å². The molecule has 0 radical (unpaired) electrons. The Kier molecular flexibility index (Phi) is 4.51. The van der Waals surface area contributed by atoms with Crippen LogP contribution < -0.4 is 21.9 Å². The summed E-state index contributed by atoms with van der Waals surface area (Å²) in [5.74, 6) is -0.173. The molecule has 2 aromatic rings. The number of aromatic nitrogens is 3. The molecule has 8 nitrogen and oxygen atoms in total. The van der Waals surface area contributed by atoms with Crippen LogP contribution in [0.4, 0.5) is 0 Å². The van der Waals surface area contributed by atoms with E-state index in [1.807, 2.05) is 14.0 Å². The van der Waals surface area contributed by atoms with Crippen LogP contribution in [0.1, 0.15) is 6.92 Å². The van der Waals surface area contributed by atoms with Crippen molar-refractivity contribution in [3.63, 3.8) is 0 Å². The Morgan fingerprint density at radius 3 is 2.59 bits per heavy atom. The van der Waals surface area contributed by atoms with E-state index >= 15 is 0 Å². The second kappa shape index (κ2) is 6.18. The average molecular weight is 307 g/mol. The molecule has 0 aliphatic rings. The summed E-state index contributed by atoms with van der Waals surface area (Å²) in [5.41, 5.74) is -0.326. The summed E-state index contributed by atoms with van der Waals surface area (Å²) in [6.45, 7) is 2.52. The van der Waals surface area contributed by atoms with Crippen LogP contribution in [-0.4, -0.2) is 39.2 Å². The molecular formula is C14H21N5O3. The van der Waals surface area contributed by atoms with Crippen molar-refractivity contribution in [2.75, 3.05) is 13.6 Å². The maximum atomic E-state index is 12.1. The van der Waals surface area contributed by atoms with Gasteiger partial charge in [0, 0.05) is 32.9 Å². The number of nitrogens with one attached hydrogen (secondary N) is 2. The number of fused-ring (bicyclic) bond motifs is 1. The number of carbonyl (C=O) groups excluding carboxylic acids is 1. The second-order valence-corrected chi connectivity index (χ2v) is 5.38. The lowest BCUT2D eigenvalue weighted by molar-refractivity contribution is -0.121. The molecule has 0 aromatic carbocycles. The van der Waals surface area contributed by atoms with Gasteiger partial charge in [0.1, 0.15) is 12.2 Å². The van der Waals surface area contributed by atoms with Crippen LogP contribution >= 0.6 is 0 Å². The first-order valence-corrected chi connectivity index (χ1v) is 7.05. The first-order chi connectivity index (χ1) is 10.4. The molecule has 2 rings (SSSR count). The van der Waals surface area contributed by atoms with Gasteiger partial charge in [-0.1, -0.05) is 0 Å². The molecule has 0 aliphatic heterocycles. The smallest absolute Gasteiger partial charge is 0.332 e. The lowest BCUT2D eigenvalue weighted by atomic mass is 10.3. The Bertz CT molecular complexity index is 814. The van der Waals surface area contributed by atoms with Gasteiger partial charge in [-0.2, -0.15) is 0 Å². The van der Waals surface area contributed by atoms with E-state index in [0.717, 1.165) is 4.57 Å². The minimum atomic E-state index is -0.415. The number of hydrogen-bond acceptors (Lipinski definition) is 4. The standard InChI is InChI=1S/C14H21N5O3/c1-9(15-2)7-16-11(20)8-19-6-5-10-12(19)17(3)14(22)18(4)13(10)21/h5-6,9,15H,7-8H2,1-4H3,(H,16,20). The minimum Gasteiger partial charge on any atom is -0.353 e. The summed E-state index contributed by atoms with van der Waals surface area (Å²) >= 11 is 0. The third-order valence-electron chi connectivity index (χ3n) is 3.77. The van der Waals surface area contributed by atoms with Crippen molar-refractivity contribution in [2.24, 2.45) is 14.1 Å². The normalized spacial score (nSPS) is 12.5. The van der Waals surface area contributed by atoms with Crippen LogP contribution in [0.5, 0.6) is 0 Å². The van der Waals surface area contributed by atoms with Gasteiger partial charge in [-0.05, 0) is 20.0 Å². The van der Waals surface area contributed by atoms with E-state index < -0.39 is 5.69 Å². The molecule has 2 N–H and O–H groups in total. The van der Waals surface area contributed by atoms with Gasteiger partial charge in [0.25, 0.3) is 5.56 Å². The molecule has 2 aromatic heterocycles. The first-order valence-electron chi connectivity index (χ1n) is 7.05. The molecule has 0 aliphatic carbocycles. The summed E-state index contributed by atoms with van der Waals surface area (Å²) in [6, 6.07) is 1.79. The van der Waals surface area contributed by atoms with Crippen LogP contribution in [0, 0.1) is 0 Å². The van der Waals surface area contributed by atoms with Crippen molar-refractivity contribution in [1.82, 2.24) is 24.3 Å². The average Bonchev–Trinajstić information content (AvgIpc) is 2.92. The predicted molar refractivity (Wildman–Crippen MR) is 84.0 cm³/mol. The van der Waals surface area contributed by atoms with Gasteiger partial charge in [0.2, 0.25) is 5.91 Å². The molecule has 22 heavy (non-hydrogen) atoms. The maximum Gasteiger partial charge on any atom is 0.332 e. The Morgan fingerprint density at radius 2 is 1.95 bits per heavy atom. The zero-order chi connectivity index (χ0) is 16.4. The van der Waals surface area contributed by atoms with E-state index in [2.05, 4.69) is 10.6 Å². The molecule has 1 unspecified atom stereocenters. The van der Waals surface area contributed by atoms with Crippen molar-refractivity contribution < 1.29 is 4.79 Å². The lowest BCUT2D eigenvalue weighted by Gasteiger charge is -2.13. The molecule has 0 saturated heterocycles. The molecule has 8 heteroatoms. The van der Waals surface area contributed by atoms with Gasteiger partial charge in [-0.25, -0.2) is 4.79 Å². The predicted octanol–water partition coefficient (Wildman–Crippen LogP) is -1.24. The van der Waals surface area contributed by atoms with Crippen LogP contribution in [0.25, 0.3) is 11.0 Å². The highest BCUT2D eigenvalue weighted by Crippen LogP contribution is 2.09. The van der Waals surface area contributed by atoms with Crippen molar-refractivity contribution >= 4 is 16.9 Å². The summed E-state index contributed by atoms with van der Waals surface area (Å²) in [6.07, 6.45) is 1.65. The number of nitrogens with zero attached hydrogens (tertiary/aromatic N) is 3. The van der Waals surface area contributed by atoms with E-state index in [4.69, 9.17) is 0 Å². The highest BCUT2D eigenvalue weighted by atomic mass is 16.2. The lowest BCUT2D eigenvalue weighted by Crippen LogP contribution is -2.39. The SMILES string of the molecule is CNC(C)CNC(=O)Cn1ccc2c(=O)n(C)c(=O)n(C)c21. The maximum absolute atomic E-state index is 12.1. The first kappa shape index (κ1) is 16.0. The number of amides is 1. The van der Waals surface area contributed by atoms with Crippen molar-refractivity contribution in [3.05, 3.63) is 33.1 Å². The monoisotopic (exact) mass is 307 g/mol. The summed E-state index contributed by atoms with van der Waals surface area (Å²) < 4.78 is 4.04. The van der Waals surface area contributed by atoms with Crippen LogP contribution in [0.2, 0.25) is 0 Å². The fraction of sp³-hybridized carbons (Fsp3) is 0.500. The molecule has 0 bridgehead atoms. The number of aryl methyl sites for hydroxylation is 1.